The Balaban J connectivity index is 2.13. The van der Waals surface area contributed by atoms with Gasteiger partial charge in [-0.1, -0.05) is 12.2 Å². The summed E-state index contributed by atoms with van der Waals surface area (Å²) in [5.74, 6) is 1.89. The largest absolute Gasteiger partial charge is 0.612 e. The smallest absolute Gasteiger partial charge is 0.259 e. The molecule has 1 aliphatic carbocycles. The van der Waals surface area contributed by atoms with Gasteiger partial charge in [-0.05, 0) is 6.08 Å². The van der Waals surface area contributed by atoms with Crippen LogP contribution in [-0.4, -0.2) is 71.4 Å². The quantitative estimate of drug-likeness (QED) is 0.487. The molecular weight excluding hydrogens is 312 g/mol. The maximum atomic E-state index is 11.3. The van der Waals surface area contributed by atoms with Crippen LogP contribution in [-0.2, 0) is 0 Å². The second-order valence-corrected chi connectivity index (χ2v) is 5.59. The summed E-state index contributed by atoms with van der Waals surface area (Å²) in [4.78, 5) is 13.7. The minimum atomic E-state index is -0.424. The van der Waals surface area contributed by atoms with Gasteiger partial charge < -0.3 is 20.2 Å². The van der Waals surface area contributed by atoms with Crippen LogP contribution in [0, 0.1) is 10.4 Å². The monoisotopic (exact) mass is 329 g/mol. The maximum absolute atomic E-state index is 11.3. The summed E-state index contributed by atoms with van der Waals surface area (Å²) in [5, 5.41) is 26.9. The Kier molecular flexibility index (Phi) is 3.72. The molecule has 0 radical (unpaired) electrons. The molecule has 0 saturated carbocycles. The van der Waals surface area contributed by atoms with E-state index in [1.807, 2.05) is 28.2 Å². The first kappa shape index (κ1) is 15.6. The minimum absolute atomic E-state index is 0.0167. The van der Waals surface area contributed by atoms with Crippen molar-refractivity contribution in [2.24, 2.45) is 15.1 Å². The summed E-state index contributed by atoms with van der Waals surface area (Å²) >= 11 is 0. The molecule has 1 N–H and O–H groups in total. The van der Waals surface area contributed by atoms with Crippen molar-refractivity contribution < 1.29 is 4.90 Å². The van der Waals surface area contributed by atoms with Gasteiger partial charge in [-0.25, -0.2) is 4.90 Å². The molecule has 10 nitrogen and oxygen atoms in total. The molecule has 0 aromatic rings. The van der Waals surface area contributed by atoms with Crippen LogP contribution in [0.1, 0.15) is 0 Å². The van der Waals surface area contributed by atoms with Gasteiger partial charge in [0.25, 0.3) is 5.96 Å². The van der Waals surface area contributed by atoms with Crippen LogP contribution in [0.3, 0.4) is 0 Å². The van der Waals surface area contributed by atoms with Crippen molar-refractivity contribution in [1.29, 1.82) is 0 Å². The number of nitrogens with zero attached hydrogens (tertiary/aromatic N) is 7. The molecular formula is C14H17N8O2-. The van der Waals surface area contributed by atoms with E-state index in [0.717, 1.165) is 0 Å². The first-order valence-electron chi connectivity index (χ1n) is 7.16. The number of hydrazone groups is 1. The molecule has 0 aromatic heterocycles. The summed E-state index contributed by atoms with van der Waals surface area (Å²) in [7, 11) is 7.34. The van der Waals surface area contributed by atoms with Gasteiger partial charge in [-0.3, -0.25) is 5.43 Å². The van der Waals surface area contributed by atoms with E-state index < -0.39 is 4.90 Å². The molecule has 126 valence electrons. The number of allylic oxidation sites excluding steroid dienone is 5. The average molecular weight is 329 g/mol. The van der Waals surface area contributed by atoms with Crippen LogP contribution < -0.4 is 5.43 Å². The summed E-state index contributed by atoms with van der Waals surface area (Å²) < 4.78 is 0. The van der Waals surface area contributed by atoms with Crippen LogP contribution in [0.4, 0.5) is 0 Å². The Hall–Kier alpha value is -3.30. The number of aliphatic imine (C=N–C) groups is 2. The van der Waals surface area contributed by atoms with E-state index >= 15 is 0 Å². The third-order valence-corrected chi connectivity index (χ3v) is 3.44. The van der Waals surface area contributed by atoms with E-state index in [4.69, 9.17) is 0 Å². The van der Waals surface area contributed by atoms with Crippen molar-refractivity contribution in [2.75, 3.05) is 28.2 Å². The summed E-state index contributed by atoms with van der Waals surface area (Å²) in [6, 6.07) is 0. The lowest BCUT2D eigenvalue weighted by Gasteiger charge is -2.30. The molecule has 2 heterocycles. The summed E-state index contributed by atoms with van der Waals surface area (Å²) in [5.41, 5.74) is 3.25. The highest BCUT2D eigenvalue weighted by molar-refractivity contribution is 6.15. The van der Waals surface area contributed by atoms with Crippen molar-refractivity contribution in [1.82, 2.24) is 20.1 Å². The van der Waals surface area contributed by atoms with Crippen molar-refractivity contribution in [3.8, 4) is 0 Å². The molecule has 24 heavy (non-hydrogen) atoms. The number of hydrogen-bond donors (Lipinski definition) is 1. The van der Waals surface area contributed by atoms with E-state index in [1.165, 1.54) is 6.08 Å². The van der Waals surface area contributed by atoms with E-state index in [-0.39, 0.29) is 5.71 Å². The number of hydrogen-bond acceptors (Lipinski definition) is 9. The van der Waals surface area contributed by atoms with E-state index in [1.54, 1.807) is 32.9 Å². The molecule has 3 aliphatic rings. The predicted molar refractivity (Wildman–Crippen MR) is 92.0 cm³/mol. The molecule has 0 aromatic carbocycles. The van der Waals surface area contributed by atoms with Gasteiger partial charge in [0.15, 0.2) is 5.82 Å². The SMILES string of the molecule is CN(C)C1=NC2=NNC(=C3C=CC=CC3=[N+]([O-])[O-])N2C(N(C)C)=N1. The van der Waals surface area contributed by atoms with Crippen LogP contribution in [0.25, 0.3) is 0 Å². The zero-order chi connectivity index (χ0) is 17.4. The van der Waals surface area contributed by atoms with Gasteiger partial charge in [0.2, 0.25) is 17.6 Å². The summed E-state index contributed by atoms with van der Waals surface area (Å²) in [6.07, 6.45) is 6.47. The Labute approximate surface area is 138 Å². The van der Waals surface area contributed by atoms with E-state index in [2.05, 4.69) is 20.5 Å². The van der Waals surface area contributed by atoms with Crippen molar-refractivity contribution >= 4 is 23.6 Å². The van der Waals surface area contributed by atoms with Crippen LogP contribution in [0.15, 0.2) is 50.8 Å². The molecule has 0 unspecified atom stereocenters. The van der Waals surface area contributed by atoms with Gasteiger partial charge in [-0.15, -0.1) is 5.10 Å². The Morgan fingerprint density at radius 3 is 2.38 bits per heavy atom. The third kappa shape index (κ3) is 2.47. The molecule has 2 aliphatic heterocycles. The maximum Gasteiger partial charge on any atom is 0.259 e. The molecule has 10 heteroatoms. The van der Waals surface area contributed by atoms with Gasteiger partial charge in [-0.2, -0.15) is 14.9 Å². The summed E-state index contributed by atoms with van der Waals surface area (Å²) in [6.45, 7) is 0. The number of guanidine groups is 3. The zero-order valence-corrected chi connectivity index (χ0v) is 13.8. The zero-order valence-electron chi connectivity index (χ0n) is 13.8. The first-order valence-corrected chi connectivity index (χ1v) is 7.16. The third-order valence-electron chi connectivity index (χ3n) is 3.44. The van der Waals surface area contributed by atoms with Crippen LogP contribution >= 0.6 is 0 Å². The minimum Gasteiger partial charge on any atom is -0.612 e. The molecule has 0 atom stereocenters. The van der Waals surface area contributed by atoms with Gasteiger partial charge in [0.1, 0.15) is 0 Å². The Bertz CT molecular complexity index is 779. The highest BCUT2D eigenvalue weighted by atomic mass is 16.8. The molecule has 0 amide bonds. The number of fused-ring (bicyclic) bond motifs is 1. The fraction of sp³-hybridized carbons (Fsp3) is 0.286. The van der Waals surface area contributed by atoms with E-state index in [0.29, 0.717) is 29.3 Å². The van der Waals surface area contributed by atoms with Crippen LogP contribution in [0.5, 0.6) is 0 Å². The van der Waals surface area contributed by atoms with Crippen molar-refractivity contribution in [3.05, 3.63) is 46.1 Å². The fourth-order valence-electron chi connectivity index (χ4n) is 2.34. The Morgan fingerprint density at radius 1 is 1.04 bits per heavy atom. The van der Waals surface area contributed by atoms with Crippen LogP contribution in [0.2, 0.25) is 0 Å². The van der Waals surface area contributed by atoms with Gasteiger partial charge in [0.05, 0.1) is 5.57 Å². The lowest BCUT2D eigenvalue weighted by atomic mass is 10.1. The molecule has 3 rings (SSSR count). The Morgan fingerprint density at radius 2 is 1.75 bits per heavy atom. The fourth-order valence-corrected chi connectivity index (χ4v) is 2.34. The second-order valence-electron chi connectivity index (χ2n) is 5.59. The number of nitrogens with one attached hydrogen (secondary N) is 1. The normalized spacial score (nSPS) is 21.8. The first-order chi connectivity index (χ1) is 11.4. The average Bonchev–Trinajstić information content (AvgIpc) is 2.97. The highest BCUT2D eigenvalue weighted by Crippen LogP contribution is 2.23. The molecule has 0 bridgehead atoms. The predicted octanol–water partition coefficient (Wildman–Crippen LogP) is -0.202. The topological polar surface area (TPSA) is 108 Å². The van der Waals surface area contributed by atoms with Crippen molar-refractivity contribution in [2.45, 2.75) is 0 Å². The lowest BCUT2D eigenvalue weighted by molar-refractivity contribution is -0.377. The van der Waals surface area contributed by atoms with E-state index in [9.17, 15) is 10.4 Å². The standard InChI is InChI=1S/C14H17N8O2/c1-19(2)12-15-13-18-17-11(21(13)14(16-12)20(3)4)9-7-5-6-8-10(9)22(23)24/h5-8,17H,1-4H3/q-1. The molecule has 0 saturated heterocycles. The highest BCUT2D eigenvalue weighted by Gasteiger charge is 2.36. The van der Waals surface area contributed by atoms with Crippen molar-refractivity contribution in [3.63, 3.8) is 0 Å². The number of rotatable bonds is 0. The lowest BCUT2D eigenvalue weighted by Crippen LogP contribution is -2.47. The van der Waals surface area contributed by atoms with Gasteiger partial charge >= 0.3 is 0 Å². The van der Waals surface area contributed by atoms with Gasteiger partial charge in [0, 0.05) is 34.3 Å². The molecule has 0 spiro atoms. The second kappa shape index (κ2) is 5.72. The molecule has 0 fully saturated rings.